The van der Waals surface area contributed by atoms with E-state index in [0.29, 0.717) is 18.1 Å². The Kier molecular flexibility index (Phi) is 3.74. The Hall–Kier alpha value is -1.62. The van der Waals surface area contributed by atoms with Gasteiger partial charge in [-0.05, 0) is 37.3 Å². The molecule has 5 heteroatoms. The van der Waals surface area contributed by atoms with Crippen LogP contribution in [0.5, 0.6) is 0 Å². The molecule has 4 rings (SSSR count). The second-order valence-electron chi connectivity index (χ2n) is 6.82. The standard InChI is InChI=1S/C17H24N4O/c22-17(20-8-1-2-9-20)21-15-5-6-16(21)13-19(12-15)11-14-4-3-7-18-10-14/h3-4,7,10,15-16H,1-2,5-6,8-9,11-13H2. The van der Waals surface area contributed by atoms with Gasteiger partial charge in [-0.1, -0.05) is 6.07 Å². The number of likely N-dealkylation sites (tertiary alicyclic amines) is 2. The van der Waals surface area contributed by atoms with Crippen LogP contribution in [0.15, 0.2) is 24.5 Å². The van der Waals surface area contributed by atoms with Crippen LogP contribution < -0.4 is 0 Å². The van der Waals surface area contributed by atoms with Gasteiger partial charge >= 0.3 is 6.03 Å². The smallest absolute Gasteiger partial charge is 0.320 e. The lowest BCUT2D eigenvalue weighted by Crippen LogP contribution is -2.58. The highest BCUT2D eigenvalue weighted by atomic mass is 16.2. The number of carbonyl (C=O) groups is 1. The first kappa shape index (κ1) is 14.0. The number of fused-ring (bicyclic) bond motifs is 2. The zero-order valence-electron chi connectivity index (χ0n) is 13.0. The number of aromatic nitrogens is 1. The topological polar surface area (TPSA) is 39.7 Å². The summed E-state index contributed by atoms with van der Waals surface area (Å²) in [7, 11) is 0. The number of carbonyl (C=O) groups excluding carboxylic acids is 1. The molecular formula is C17H24N4O. The number of pyridine rings is 1. The Morgan fingerprint density at radius 3 is 2.55 bits per heavy atom. The van der Waals surface area contributed by atoms with E-state index in [-0.39, 0.29) is 0 Å². The van der Waals surface area contributed by atoms with Crippen molar-refractivity contribution < 1.29 is 4.79 Å². The summed E-state index contributed by atoms with van der Waals surface area (Å²) in [6.45, 7) is 4.87. The molecule has 2 bridgehead atoms. The van der Waals surface area contributed by atoms with Crippen LogP contribution in [-0.4, -0.2) is 64.0 Å². The number of amides is 2. The summed E-state index contributed by atoms with van der Waals surface area (Å²) in [5, 5.41) is 0. The van der Waals surface area contributed by atoms with E-state index in [0.717, 1.165) is 45.6 Å². The van der Waals surface area contributed by atoms with Gasteiger partial charge in [-0.15, -0.1) is 0 Å². The monoisotopic (exact) mass is 300 g/mol. The normalized spacial score (nSPS) is 28.4. The zero-order valence-corrected chi connectivity index (χ0v) is 13.0. The highest BCUT2D eigenvalue weighted by Crippen LogP contribution is 2.32. The summed E-state index contributed by atoms with van der Waals surface area (Å²) < 4.78 is 0. The SMILES string of the molecule is O=C(N1CCCC1)N1C2CCC1CN(Cc1cccnc1)C2. The zero-order chi connectivity index (χ0) is 14.9. The van der Waals surface area contributed by atoms with Crippen LogP contribution >= 0.6 is 0 Å². The van der Waals surface area contributed by atoms with Gasteiger partial charge in [-0.2, -0.15) is 0 Å². The first-order valence-electron chi connectivity index (χ1n) is 8.50. The van der Waals surface area contributed by atoms with Crippen LogP contribution in [0.3, 0.4) is 0 Å². The Morgan fingerprint density at radius 1 is 1.18 bits per heavy atom. The minimum Gasteiger partial charge on any atom is -0.325 e. The molecule has 5 nitrogen and oxygen atoms in total. The summed E-state index contributed by atoms with van der Waals surface area (Å²) in [5.74, 6) is 0. The van der Waals surface area contributed by atoms with Crippen molar-refractivity contribution >= 4 is 6.03 Å². The summed E-state index contributed by atoms with van der Waals surface area (Å²) >= 11 is 0. The van der Waals surface area contributed by atoms with E-state index in [9.17, 15) is 4.79 Å². The number of rotatable bonds is 2. The van der Waals surface area contributed by atoms with Crippen LogP contribution in [0.2, 0.25) is 0 Å². The lowest BCUT2D eigenvalue weighted by atomic mass is 10.1. The van der Waals surface area contributed by atoms with Crippen LogP contribution in [0.4, 0.5) is 4.79 Å². The van der Waals surface area contributed by atoms with E-state index in [1.165, 1.54) is 18.4 Å². The maximum Gasteiger partial charge on any atom is 0.320 e. The number of piperazine rings is 1. The van der Waals surface area contributed by atoms with E-state index in [4.69, 9.17) is 0 Å². The Labute approximate surface area is 131 Å². The minimum atomic E-state index is 0.297. The fourth-order valence-corrected chi connectivity index (χ4v) is 4.25. The molecule has 0 spiro atoms. The van der Waals surface area contributed by atoms with Crippen molar-refractivity contribution in [2.45, 2.75) is 44.3 Å². The molecule has 1 aromatic rings. The molecule has 1 aromatic heterocycles. The second kappa shape index (κ2) is 5.88. The molecular weight excluding hydrogens is 276 g/mol. The Balaban J connectivity index is 1.42. The summed E-state index contributed by atoms with van der Waals surface area (Å²) in [6, 6.07) is 5.24. The van der Waals surface area contributed by atoms with Crippen molar-refractivity contribution in [2.24, 2.45) is 0 Å². The molecule has 22 heavy (non-hydrogen) atoms. The van der Waals surface area contributed by atoms with Gasteiger partial charge in [0.1, 0.15) is 0 Å². The molecule has 2 atom stereocenters. The summed E-state index contributed by atoms with van der Waals surface area (Å²) in [4.78, 5) is 23.7. The molecule has 2 amide bonds. The number of hydrogen-bond donors (Lipinski definition) is 0. The van der Waals surface area contributed by atoms with Gasteiger partial charge < -0.3 is 9.80 Å². The third-order valence-electron chi connectivity index (χ3n) is 5.28. The fourth-order valence-electron chi connectivity index (χ4n) is 4.25. The molecule has 0 saturated carbocycles. The van der Waals surface area contributed by atoms with Gasteiger partial charge in [-0.25, -0.2) is 4.79 Å². The highest BCUT2D eigenvalue weighted by molar-refractivity contribution is 5.76. The van der Waals surface area contributed by atoms with Gasteiger partial charge in [0.15, 0.2) is 0 Å². The predicted octanol–water partition coefficient (Wildman–Crippen LogP) is 1.95. The Bertz CT molecular complexity index is 515. The lowest BCUT2D eigenvalue weighted by Gasteiger charge is -2.42. The van der Waals surface area contributed by atoms with E-state index < -0.39 is 0 Å². The third kappa shape index (κ3) is 2.58. The van der Waals surface area contributed by atoms with Crippen LogP contribution in [-0.2, 0) is 6.54 Å². The summed E-state index contributed by atoms with van der Waals surface area (Å²) in [6.07, 6.45) is 8.43. The average molecular weight is 300 g/mol. The number of urea groups is 1. The number of hydrogen-bond acceptors (Lipinski definition) is 3. The lowest BCUT2D eigenvalue weighted by molar-refractivity contribution is 0.0690. The molecule has 3 aliphatic heterocycles. The van der Waals surface area contributed by atoms with Crippen molar-refractivity contribution in [3.05, 3.63) is 30.1 Å². The van der Waals surface area contributed by atoms with Gasteiger partial charge in [0.05, 0.1) is 0 Å². The van der Waals surface area contributed by atoms with Crippen molar-refractivity contribution in [1.82, 2.24) is 19.7 Å². The predicted molar refractivity (Wildman–Crippen MR) is 84.4 cm³/mol. The second-order valence-corrected chi connectivity index (χ2v) is 6.82. The van der Waals surface area contributed by atoms with Gasteiger partial charge in [0, 0.05) is 57.2 Å². The molecule has 3 fully saturated rings. The van der Waals surface area contributed by atoms with Crippen LogP contribution in [0.1, 0.15) is 31.2 Å². The van der Waals surface area contributed by atoms with E-state index in [1.54, 1.807) is 0 Å². The minimum absolute atomic E-state index is 0.297. The van der Waals surface area contributed by atoms with Crippen molar-refractivity contribution in [3.63, 3.8) is 0 Å². The van der Waals surface area contributed by atoms with Crippen LogP contribution in [0.25, 0.3) is 0 Å². The third-order valence-corrected chi connectivity index (χ3v) is 5.28. The van der Waals surface area contributed by atoms with Gasteiger partial charge in [0.25, 0.3) is 0 Å². The molecule has 3 aliphatic rings. The van der Waals surface area contributed by atoms with E-state index >= 15 is 0 Å². The fraction of sp³-hybridized carbons (Fsp3) is 0.647. The molecule has 0 N–H and O–H groups in total. The molecule has 0 aromatic carbocycles. The summed E-state index contributed by atoms with van der Waals surface area (Å²) in [5.41, 5.74) is 1.27. The first-order chi connectivity index (χ1) is 10.8. The van der Waals surface area contributed by atoms with E-state index in [1.807, 2.05) is 18.5 Å². The van der Waals surface area contributed by atoms with Crippen molar-refractivity contribution in [3.8, 4) is 0 Å². The van der Waals surface area contributed by atoms with E-state index in [2.05, 4.69) is 25.8 Å². The maximum absolute atomic E-state index is 12.7. The molecule has 2 unspecified atom stereocenters. The molecule has 3 saturated heterocycles. The van der Waals surface area contributed by atoms with Gasteiger partial charge in [0.2, 0.25) is 0 Å². The average Bonchev–Trinajstić information content (AvgIpc) is 3.15. The largest absolute Gasteiger partial charge is 0.325 e. The van der Waals surface area contributed by atoms with Crippen molar-refractivity contribution in [2.75, 3.05) is 26.2 Å². The molecule has 0 radical (unpaired) electrons. The number of nitrogens with zero attached hydrogens (tertiary/aromatic N) is 4. The Morgan fingerprint density at radius 2 is 1.91 bits per heavy atom. The van der Waals surface area contributed by atoms with Crippen LogP contribution in [0, 0.1) is 0 Å². The highest BCUT2D eigenvalue weighted by Gasteiger charge is 2.44. The van der Waals surface area contributed by atoms with Crippen molar-refractivity contribution in [1.29, 1.82) is 0 Å². The molecule has 0 aliphatic carbocycles. The quantitative estimate of drug-likeness (QED) is 0.838. The molecule has 4 heterocycles. The maximum atomic E-state index is 12.7. The molecule has 118 valence electrons. The first-order valence-corrected chi connectivity index (χ1v) is 8.50. The van der Waals surface area contributed by atoms with Gasteiger partial charge in [-0.3, -0.25) is 9.88 Å².